The molecule has 2 amide bonds. The number of anilines is 1. The maximum atomic E-state index is 13.1. The van der Waals surface area contributed by atoms with E-state index in [-0.39, 0.29) is 11.8 Å². The van der Waals surface area contributed by atoms with Crippen molar-refractivity contribution in [3.63, 3.8) is 0 Å². The standard InChI is InChI=1S/C21H25N3O3S/c25-19(16-8-5-11-27-16)24-21-18(15-7-2-1-3-9-17(15)28-21)20(26)23-13-14-6-4-10-22-12-14/h4,6,10,12,16H,1-3,5,7-9,11,13H2,(H,23,26)(H,24,25)/t16-/m0/s1. The number of hydrogen-bond donors (Lipinski definition) is 2. The van der Waals surface area contributed by atoms with Crippen molar-refractivity contribution in [1.29, 1.82) is 0 Å². The van der Waals surface area contributed by atoms with Crippen molar-refractivity contribution in [1.82, 2.24) is 10.3 Å². The molecular weight excluding hydrogens is 374 g/mol. The van der Waals surface area contributed by atoms with E-state index < -0.39 is 6.10 Å². The molecule has 2 aliphatic rings. The summed E-state index contributed by atoms with van der Waals surface area (Å²) in [6.45, 7) is 1.04. The second-order valence-electron chi connectivity index (χ2n) is 7.30. The highest BCUT2D eigenvalue weighted by atomic mass is 32.1. The molecule has 3 heterocycles. The quantitative estimate of drug-likeness (QED) is 0.755. The molecule has 1 atom stereocenters. The monoisotopic (exact) mass is 399 g/mol. The Morgan fingerprint density at radius 1 is 1.21 bits per heavy atom. The lowest BCUT2D eigenvalue weighted by atomic mass is 10.0. The van der Waals surface area contributed by atoms with Crippen LogP contribution in [-0.4, -0.2) is 29.5 Å². The zero-order valence-electron chi connectivity index (χ0n) is 15.8. The van der Waals surface area contributed by atoms with E-state index in [1.807, 2.05) is 12.1 Å². The molecule has 0 bridgehead atoms. The van der Waals surface area contributed by atoms with Crippen LogP contribution in [0.3, 0.4) is 0 Å². The lowest BCUT2D eigenvalue weighted by Gasteiger charge is -2.12. The van der Waals surface area contributed by atoms with Crippen LogP contribution in [0.25, 0.3) is 0 Å². The molecule has 0 unspecified atom stereocenters. The highest BCUT2D eigenvalue weighted by molar-refractivity contribution is 7.17. The maximum absolute atomic E-state index is 13.1. The molecule has 6 nitrogen and oxygen atoms in total. The average Bonchev–Trinajstić information content (AvgIpc) is 3.30. The second kappa shape index (κ2) is 8.84. The van der Waals surface area contributed by atoms with Gasteiger partial charge in [0.2, 0.25) is 0 Å². The fourth-order valence-electron chi connectivity index (χ4n) is 3.82. The van der Waals surface area contributed by atoms with E-state index in [9.17, 15) is 9.59 Å². The van der Waals surface area contributed by atoms with Gasteiger partial charge in [-0.25, -0.2) is 0 Å². The lowest BCUT2D eigenvalue weighted by molar-refractivity contribution is -0.124. The van der Waals surface area contributed by atoms with E-state index in [0.29, 0.717) is 23.7 Å². The van der Waals surface area contributed by atoms with Crippen LogP contribution in [0.5, 0.6) is 0 Å². The fourth-order valence-corrected chi connectivity index (χ4v) is 5.11. The number of pyridine rings is 1. The number of carbonyl (C=O) groups excluding carboxylic acids is 2. The first-order valence-electron chi connectivity index (χ1n) is 9.96. The predicted molar refractivity (Wildman–Crippen MR) is 109 cm³/mol. The molecule has 1 aliphatic carbocycles. The van der Waals surface area contributed by atoms with Crippen LogP contribution in [0.2, 0.25) is 0 Å². The molecule has 2 N–H and O–H groups in total. The Morgan fingerprint density at radius 2 is 2.11 bits per heavy atom. The molecule has 0 spiro atoms. The summed E-state index contributed by atoms with van der Waals surface area (Å²) in [6, 6.07) is 3.78. The zero-order chi connectivity index (χ0) is 19.3. The number of rotatable bonds is 5. The first-order chi connectivity index (χ1) is 13.7. The fraction of sp³-hybridized carbons (Fsp3) is 0.476. The Morgan fingerprint density at radius 3 is 2.89 bits per heavy atom. The van der Waals surface area contributed by atoms with Crippen molar-refractivity contribution in [2.45, 2.75) is 57.6 Å². The first kappa shape index (κ1) is 19.1. The van der Waals surface area contributed by atoms with Gasteiger partial charge in [0.1, 0.15) is 11.1 Å². The van der Waals surface area contributed by atoms with Gasteiger partial charge in [0.05, 0.1) is 5.56 Å². The molecule has 0 aromatic carbocycles. The van der Waals surface area contributed by atoms with Gasteiger partial charge in [-0.2, -0.15) is 0 Å². The zero-order valence-corrected chi connectivity index (χ0v) is 16.6. The van der Waals surface area contributed by atoms with Crippen molar-refractivity contribution in [2.75, 3.05) is 11.9 Å². The third-order valence-electron chi connectivity index (χ3n) is 5.28. The van der Waals surface area contributed by atoms with E-state index in [0.717, 1.165) is 49.7 Å². The molecule has 28 heavy (non-hydrogen) atoms. The van der Waals surface area contributed by atoms with Crippen LogP contribution in [0.15, 0.2) is 24.5 Å². The number of amides is 2. The van der Waals surface area contributed by atoms with Crippen LogP contribution < -0.4 is 10.6 Å². The second-order valence-corrected chi connectivity index (χ2v) is 8.41. The largest absolute Gasteiger partial charge is 0.368 e. The molecule has 2 aromatic heterocycles. The van der Waals surface area contributed by atoms with E-state index in [1.165, 1.54) is 11.3 Å². The number of hydrogen-bond acceptors (Lipinski definition) is 5. The molecule has 1 aliphatic heterocycles. The van der Waals surface area contributed by atoms with Gasteiger partial charge >= 0.3 is 0 Å². The summed E-state index contributed by atoms with van der Waals surface area (Å²) in [5, 5.41) is 6.65. The van der Waals surface area contributed by atoms with E-state index in [4.69, 9.17) is 4.74 Å². The Kier molecular flexibility index (Phi) is 6.02. The number of aryl methyl sites for hydroxylation is 1. The predicted octanol–water partition coefficient (Wildman–Crippen LogP) is 3.46. The maximum Gasteiger partial charge on any atom is 0.254 e. The van der Waals surface area contributed by atoms with E-state index in [1.54, 1.807) is 23.7 Å². The van der Waals surface area contributed by atoms with Crippen LogP contribution >= 0.6 is 11.3 Å². The minimum absolute atomic E-state index is 0.133. The number of fused-ring (bicyclic) bond motifs is 1. The summed E-state index contributed by atoms with van der Waals surface area (Å²) in [5.41, 5.74) is 2.69. The molecule has 0 saturated carbocycles. The summed E-state index contributed by atoms with van der Waals surface area (Å²) in [4.78, 5) is 31.0. The SMILES string of the molecule is O=C(NCc1cccnc1)c1c(NC(=O)[C@@H]2CCCO2)sc2c1CCCCC2. The van der Waals surface area contributed by atoms with Crippen LogP contribution in [-0.2, 0) is 28.9 Å². The van der Waals surface area contributed by atoms with Gasteiger partial charge in [0.25, 0.3) is 11.8 Å². The van der Waals surface area contributed by atoms with E-state index >= 15 is 0 Å². The summed E-state index contributed by atoms with van der Waals surface area (Å²) < 4.78 is 5.50. The van der Waals surface area contributed by atoms with Gasteiger partial charge in [-0.05, 0) is 55.7 Å². The molecule has 4 rings (SSSR count). The van der Waals surface area contributed by atoms with Crippen molar-refractivity contribution in [2.24, 2.45) is 0 Å². The minimum Gasteiger partial charge on any atom is -0.368 e. The summed E-state index contributed by atoms with van der Waals surface area (Å²) in [6.07, 6.45) is 9.92. The first-order valence-corrected chi connectivity index (χ1v) is 10.8. The molecular formula is C21H25N3O3S. The highest BCUT2D eigenvalue weighted by Crippen LogP contribution is 2.38. The Bertz CT molecular complexity index is 844. The molecule has 1 fully saturated rings. The van der Waals surface area contributed by atoms with Gasteiger partial charge in [-0.3, -0.25) is 14.6 Å². The Balaban J connectivity index is 1.56. The third-order valence-corrected chi connectivity index (χ3v) is 6.49. The van der Waals surface area contributed by atoms with Crippen molar-refractivity contribution < 1.29 is 14.3 Å². The summed E-state index contributed by atoms with van der Waals surface area (Å²) in [7, 11) is 0. The number of thiophene rings is 1. The van der Waals surface area contributed by atoms with Gasteiger partial charge in [0, 0.05) is 30.4 Å². The van der Waals surface area contributed by atoms with Crippen LogP contribution in [0.1, 0.15) is 58.5 Å². The smallest absolute Gasteiger partial charge is 0.254 e. The third kappa shape index (κ3) is 4.25. The molecule has 2 aromatic rings. The van der Waals surface area contributed by atoms with Gasteiger partial charge in [-0.15, -0.1) is 11.3 Å². The van der Waals surface area contributed by atoms with Gasteiger partial charge in [0.15, 0.2) is 0 Å². The van der Waals surface area contributed by atoms with Gasteiger partial charge in [-0.1, -0.05) is 12.5 Å². The number of nitrogens with one attached hydrogen (secondary N) is 2. The number of carbonyl (C=O) groups is 2. The number of nitrogens with zero attached hydrogens (tertiary/aromatic N) is 1. The topological polar surface area (TPSA) is 80.3 Å². The van der Waals surface area contributed by atoms with Crippen LogP contribution in [0.4, 0.5) is 5.00 Å². The molecule has 1 saturated heterocycles. The number of ether oxygens (including phenoxy) is 1. The Hall–Kier alpha value is -2.25. The average molecular weight is 400 g/mol. The molecule has 7 heteroatoms. The summed E-state index contributed by atoms with van der Waals surface area (Å²) in [5.74, 6) is -0.277. The van der Waals surface area contributed by atoms with Crippen molar-refractivity contribution >= 4 is 28.2 Å². The highest BCUT2D eigenvalue weighted by Gasteiger charge is 2.29. The summed E-state index contributed by atoms with van der Waals surface area (Å²) >= 11 is 1.55. The molecule has 0 radical (unpaired) electrons. The Labute approximate surface area is 168 Å². The van der Waals surface area contributed by atoms with Crippen molar-refractivity contribution in [3.8, 4) is 0 Å². The van der Waals surface area contributed by atoms with Gasteiger partial charge < -0.3 is 15.4 Å². The molecule has 148 valence electrons. The van der Waals surface area contributed by atoms with Crippen LogP contribution in [0, 0.1) is 0 Å². The lowest BCUT2D eigenvalue weighted by Crippen LogP contribution is -2.29. The normalized spacial score (nSPS) is 18.9. The van der Waals surface area contributed by atoms with Crippen molar-refractivity contribution in [3.05, 3.63) is 46.1 Å². The van der Waals surface area contributed by atoms with E-state index in [2.05, 4.69) is 15.6 Å². The minimum atomic E-state index is -0.409. The number of aromatic nitrogens is 1.